The van der Waals surface area contributed by atoms with Crippen LogP contribution in [0.2, 0.25) is 0 Å². The number of morpholine rings is 1. The van der Waals surface area contributed by atoms with Crippen molar-refractivity contribution in [3.63, 3.8) is 0 Å². The normalized spacial score (nSPS) is 14.9. The summed E-state index contributed by atoms with van der Waals surface area (Å²) in [6, 6.07) is 9.55. The number of anilines is 1. The van der Waals surface area contributed by atoms with E-state index in [1.807, 2.05) is 13.8 Å². The molecule has 0 atom stereocenters. The smallest absolute Gasteiger partial charge is 0.255 e. The minimum atomic E-state index is -3.70. The minimum Gasteiger partial charge on any atom is -0.495 e. The predicted octanol–water partition coefficient (Wildman–Crippen LogP) is 2.68. The zero-order valence-corrected chi connectivity index (χ0v) is 18.1. The Bertz CT molecular complexity index is 1020. The van der Waals surface area contributed by atoms with Crippen molar-refractivity contribution in [3.8, 4) is 11.5 Å². The van der Waals surface area contributed by atoms with Gasteiger partial charge in [0, 0.05) is 18.7 Å². The molecular formula is C21H26N2O6S. The number of methoxy groups -OCH3 is 1. The molecule has 1 N–H and O–H groups in total. The molecule has 1 heterocycles. The van der Waals surface area contributed by atoms with Crippen LogP contribution in [-0.4, -0.2) is 58.7 Å². The van der Waals surface area contributed by atoms with Crippen molar-refractivity contribution < 1.29 is 27.4 Å². The van der Waals surface area contributed by atoms with Gasteiger partial charge >= 0.3 is 0 Å². The first-order chi connectivity index (χ1) is 14.4. The van der Waals surface area contributed by atoms with Gasteiger partial charge in [-0.05, 0) is 55.8 Å². The lowest BCUT2D eigenvalue weighted by atomic mass is 10.1. The molecule has 0 saturated carbocycles. The van der Waals surface area contributed by atoms with E-state index in [4.69, 9.17) is 14.2 Å². The van der Waals surface area contributed by atoms with Gasteiger partial charge < -0.3 is 19.5 Å². The third-order valence-corrected chi connectivity index (χ3v) is 6.66. The zero-order chi connectivity index (χ0) is 21.7. The third-order valence-electron chi connectivity index (χ3n) is 4.76. The largest absolute Gasteiger partial charge is 0.495 e. The lowest BCUT2D eigenvalue weighted by molar-refractivity contribution is 0.0730. The summed E-state index contributed by atoms with van der Waals surface area (Å²) in [4.78, 5) is 12.9. The zero-order valence-electron chi connectivity index (χ0n) is 17.3. The maximum atomic E-state index is 12.9. The quantitative estimate of drug-likeness (QED) is 0.720. The minimum absolute atomic E-state index is 0.0865. The summed E-state index contributed by atoms with van der Waals surface area (Å²) in [7, 11) is -2.24. The molecule has 1 amide bonds. The van der Waals surface area contributed by atoms with Gasteiger partial charge in [-0.1, -0.05) is 0 Å². The second kappa shape index (κ2) is 9.46. The molecule has 2 aromatic rings. The van der Waals surface area contributed by atoms with Crippen LogP contribution in [0.4, 0.5) is 5.69 Å². The summed E-state index contributed by atoms with van der Waals surface area (Å²) < 4.78 is 43.3. The standard InChI is InChI=1S/C21H26N2O6S/c1-4-29-19-7-5-16(13-15(19)2)21(24)22-18-14-17(6-8-20(18)27-3)30(25,26)23-9-11-28-12-10-23/h5-8,13-14H,4,9-12H2,1-3H3,(H,22,24). The van der Waals surface area contributed by atoms with Crippen LogP contribution in [0.1, 0.15) is 22.8 Å². The Hall–Kier alpha value is -2.62. The fourth-order valence-corrected chi connectivity index (χ4v) is 4.62. The van der Waals surface area contributed by atoms with E-state index in [-0.39, 0.29) is 16.5 Å². The summed E-state index contributed by atoms with van der Waals surface area (Å²) in [5.74, 6) is 0.706. The van der Waals surface area contributed by atoms with E-state index < -0.39 is 10.0 Å². The lowest BCUT2D eigenvalue weighted by Gasteiger charge is -2.26. The number of sulfonamides is 1. The van der Waals surface area contributed by atoms with Crippen LogP contribution in [0.3, 0.4) is 0 Å². The average molecular weight is 435 g/mol. The Labute approximate surface area is 176 Å². The molecule has 9 heteroatoms. The van der Waals surface area contributed by atoms with Gasteiger partial charge in [0.05, 0.1) is 37.5 Å². The summed E-state index contributed by atoms with van der Waals surface area (Å²) in [5.41, 5.74) is 1.54. The second-order valence-corrected chi connectivity index (χ2v) is 8.68. The number of nitrogens with zero attached hydrogens (tertiary/aromatic N) is 1. The summed E-state index contributed by atoms with van der Waals surface area (Å²) in [6.45, 7) is 5.59. The molecule has 162 valence electrons. The van der Waals surface area contributed by atoms with Crippen molar-refractivity contribution >= 4 is 21.6 Å². The molecule has 8 nitrogen and oxygen atoms in total. The number of hydrogen-bond acceptors (Lipinski definition) is 6. The van der Waals surface area contributed by atoms with E-state index in [9.17, 15) is 13.2 Å². The highest BCUT2D eigenvalue weighted by Gasteiger charge is 2.27. The van der Waals surface area contributed by atoms with Gasteiger partial charge in [-0.15, -0.1) is 0 Å². The SMILES string of the molecule is CCOc1ccc(C(=O)Nc2cc(S(=O)(=O)N3CCOCC3)ccc2OC)cc1C. The van der Waals surface area contributed by atoms with Crippen molar-refractivity contribution in [2.75, 3.05) is 45.3 Å². The van der Waals surface area contributed by atoms with Gasteiger partial charge in [-0.25, -0.2) is 8.42 Å². The Kier molecular flexibility index (Phi) is 6.96. The van der Waals surface area contributed by atoms with Crippen LogP contribution in [0.5, 0.6) is 11.5 Å². The first-order valence-corrected chi connectivity index (χ1v) is 11.1. The molecule has 0 spiro atoms. The van der Waals surface area contributed by atoms with Crippen LogP contribution in [0.15, 0.2) is 41.3 Å². The average Bonchev–Trinajstić information content (AvgIpc) is 2.75. The molecule has 0 bridgehead atoms. The topological polar surface area (TPSA) is 94.2 Å². The fraction of sp³-hybridized carbons (Fsp3) is 0.381. The molecule has 2 aromatic carbocycles. The van der Waals surface area contributed by atoms with Gasteiger partial charge in [0.1, 0.15) is 11.5 Å². The highest BCUT2D eigenvalue weighted by atomic mass is 32.2. The molecule has 0 unspecified atom stereocenters. The maximum Gasteiger partial charge on any atom is 0.255 e. The highest BCUT2D eigenvalue weighted by molar-refractivity contribution is 7.89. The number of benzene rings is 2. The molecular weight excluding hydrogens is 408 g/mol. The molecule has 0 aliphatic carbocycles. The first-order valence-electron chi connectivity index (χ1n) is 9.67. The maximum absolute atomic E-state index is 12.9. The Balaban J connectivity index is 1.87. The van der Waals surface area contributed by atoms with E-state index in [0.29, 0.717) is 50.0 Å². The van der Waals surface area contributed by atoms with Crippen LogP contribution < -0.4 is 14.8 Å². The number of rotatable bonds is 7. The second-order valence-electron chi connectivity index (χ2n) is 6.75. The van der Waals surface area contributed by atoms with E-state index in [1.165, 1.54) is 29.6 Å². The number of amides is 1. The van der Waals surface area contributed by atoms with Crippen molar-refractivity contribution in [2.24, 2.45) is 0 Å². The molecule has 1 fully saturated rings. The number of hydrogen-bond donors (Lipinski definition) is 1. The van der Waals surface area contributed by atoms with Crippen LogP contribution in [0, 0.1) is 6.92 Å². The molecule has 1 aliphatic heterocycles. The predicted molar refractivity (Wildman–Crippen MR) is 113 cm³/mol. The van der Waals surface area contributed by atoms with Crippen molar-refractivity contribution in [1.82, 2.24) is 4.31 Å². The number of carbonyl (C=O) groups is 1. The van der Waals surface area contributed by atoms with E-state index in [1.54, 1.807) is 18.2 Å². The summed E-state index contributed by atoms with van der Waals surface area (Å²) >= 11 is 0. The molecule has 1 aliphatic rings. The number of nitrogens with one attached hydrogen (secondary N) is 1. The molecule has 3 rings (SSSR count). The molecule has 0 radical (unpaired) electrons. The fourth-order valence-electron chi connectivity index (χ4n) is 3.18. The van der Waals surface area contributed by atoms with Crippen LogP contribution in [-0.2, 0) is 14.8 Å². The van der Waals surface area contributed by atoms with Gasteiger partial charge in [0.25, 0.3) is 5.91 Å². The van der Waals surface area contributed by atoms with E-state index in [2.05, 4.69) is 5.32 Å². The van der Waals surface area contributed by atoms with Gasteiger partial charge in [-0.3, -0.25) is 4.79 Å². The monoisotopic (exact) mass is 434 g/mol. The number of ether oxygens (including phenoxy) is 3. The van der Waals surface area contributed by atoms with Gasteiger partial charge in [0.15, 0.2) is 0 Å². The number of carbonyl (C=O) groups excluding carboxylic acids is 1. The van der Waals surface area contributed by atoms with Crippen LogP contribution >= 0.6 is 0 Å². The Morgan fingerprint density at radius 1 is 1.13 bits per heavy atom. The Morgan fingerprint density at radius 3 is 2.47 bits per heavy atom. The van der Waals surface area contributed by atoms with Gasteiger partial charge in [-0.2, -0.15) is 4.31 Å². The highest BCUT2D eigenvalue weighted by Crippen LogP contribution is 2.30. The number of aryl methyl sites for hydroxylation is 1. The molecule has 1 saturated heterocycles. The van der Waals surface area contributed by atoms with Crippen LogP contribution in [0.25, 0.3) is 0 Å². The van der Waals surface area contributed by atoms with E-state index >= 15 is 0 Å². The summed E-state index contributed by atoms with van der Waals surface area (Å²) in [5, 5.41) is 2.76. The molecule has 0 aromatic heterocycles. The summed E-state index contributed by atoms with van der Waals surface area (Å²) in [6.07, 6.45) is 0. The van der Waals surface area contributed by atoms with Crippen molar-refractivity contribution in [2.45, 2.75) is 18.7 Å². The van der Waals surface area contributed by atoms with Crippen molar-refractivity contribution in [1.29, 1.82) is 0 Å². The lowest BCUT2D eigenvalue weighted by Crippen LogP contribution is -2.40. The van der Waals surface area contributed by atoms with Gasteiger partial charge in [0.2, 0.25) is 10.0 Å². The molecule has 30 heavy (non-hydrogen) atoms. The van der Waals surface area contributed by atoms with Crippen molar-refractivity contribution in [3.05, 3.63) is 47.5 Å². The Morgan fingerprint density at radius 2 is 1.83 bits per heavy atom. The first kappa shape index (κ1) is 22.1. The van der Waals surface area contributed by atoms with E-state index in [0.717, 1.165) is 5.56 Å². The third kappa shape index (κ3) is 4.75.